The van der Waals surface area contributed by atoms with Gasteiger partial charge in [-0.15, -0.1) is 0 Å². The number of aryl methyl sites for hydroxylation is 2. The molecule has 1 aliphatic rings. The first-order valence-electron chi connectivity index (χ1n) is 16.7. The van der Waals surface area contributed by atoms with Crippen molar-refractivity contribution < 1.29 is 0 Å². The summed E-state index contributed by atoms with van der Waals surface area (Å²) in [5.41, 5.74) is 18.0. The van der Waals surface area contributed by atoms with E-state index in [1.165, 1.54) is 66.8 Å². The van der Waals surface area contributed by atoms with Crippen LogP contribution in [-0.2, 0) is 5.41 Å². The van der Waals surface area contributed by atoms with Crippen LogP contribution in [0.3, 0.4) is 0 Å². The van der Waals surface area contributed by atoms with E-state index in [9.17, 15) is 0 Å². The quantitative estimate of drug-likeness (QED) is 0.164. The lowest BCUT2D eigenvalue weighted by molar-refractivity contribution is 0.654. The van der Waals surface area contributed by atoms with Gasteiger partial charge in [0, 0.05) is 22.5 Å². The number of fused-ring (bicyclic) bond motifs is 1. The monoisotopic (exact) mass is 619 g/mol. The molecule has 0 heterocycles. The molecule has 0 bridgehead atoms. The second-order valence-electron chi connectivity index (χ2n) is 13.2. The van der Waals surface area contributed by atoms with Crippen molar-refractivity contribution in [3.05, 3.63) is 193 Å². The molecule has 6 aromatic rings. The third-order valence-electron chi connectivity index (χ3n) is 9.94. The molecule has 1 heteroatoms. The number of hydrogen-bond donors (Lipinski definition) is 0. The van der Waals surface area contributed by atoms with Gasteiger partial charge in [-0.2, -0.15) is 0 Å². The first-order chi connectivity index (χ1) is 23.3. The Morgan fingerprint density at radius 3 is 1.81 bits per heavy atom. The summed E-state index contributed by atoms with van der Waals surface area (Å²) in [6.07, 6.45) is 3.96. The largest absolute Gasteiger partial charge is 0.310 e. The van der Waals surface area contributed by atoms with Crippen LogP contribution in [0.1, 0.15) is 36.1 Å². The van der Waals surface area contributed by atoms with Crippen molar-refractivity contribution in [1.29, 1.82) is 0 Å². The molecule has 48 heavy (non-hydrogen) atoms. The van der Waals surface area contributed by atoms with Gasteiger partial charge in [-0.3, -0.25) is 0 Å². The SMILES string of the molecule is C=CC1=C(C=C)C(C)(C)c2cc(N(c3ccc(-c4ccc(C)c(-c5ccccc5C)c4)cc3)c3cccc(-c4ccccc4)c3)ccc21. The molecule has 0 atom stereocenters. The minimum atomic E-state index is -0.182. The molecule has 1 aliphatic carbocycles. The van der Waals surface area contributed by atoms with Crippen LogP contribution in [0.4, 0.5) is 17.1 Å². The summed E-state index contributed by atoms with van der Waals surface area (Å²) in [4.78, 5) is 2.37. The van der Waals surface area contributed by atoms with Crippen LogP contribution >= 0.6 is 0 Å². The van der Waals surface area contributed by atoms with Crippen molar-refractivity contribution in [2.24, 2.45) is 0 Å². The molecule has 0 amide bonds. The van der Waals surface area contributed by atoms with E-state index >= 15 is 0 Å². The second-order valence-corrected chi connectivity index (χ2v) is 13.2. The van der Waals surface area contributed by atoms with E-state index in [1.807, 2.05) is 12.2 Å². The van der Waals surface area contributed by atoms with Gasteiger partial charge in [-0.1, -0.05) is 136 Å². The summed E-state index contributed by atoms with van der Waals surface area (Å²) < 4.78 is 0. The maximum Gasteiger partial charge on any atom is 0.0467 e. The van der Waals surface area contributed by atoms with E-state index in [1.54, 1.807) is 0 Å². The van der Waals surface area contributed by atoms with Crippen LogP contribution in [0.2, 0.25) is 0 Å². The third kappa shape index (κ3) is 5.42. The zero-order valence-electron chi connectivity index (χ0n) is 28.3. The molecule has 0 unspecified atom stereocenters. The minimum Gasteiger partial charge on any atom is -0.310 e. The molecule has 0 N–H and O–H groups in total. The Labute approximate surface area is 285 Å². The number of rotatable bonds is 8. The van der Waals surface area contributed by atoms with Crippen LogP contribution in [0.25, 0.3) is 39.0 Å². The highest BCUT2D eigenvalue weighted by molar-refractivity contribution is 5.90. The summed E-state index contributed by atoms with van der Waals surface area (Å²) in [6.45, 7) is 17.2. The first kappa shape index (κ1) is 31.0. The van der Waals surface area contributed by atoms with Gasteiger partial charge in [-0.05, 0) is 123 Å². The molecule has 7 rings (SSSR count). The summed E-state index contributed by atoms with van der Waals surface area (Å²) in [7, 11) is 0. The van der Waals surface area contributed by atoms with Crippen LogP contribution in [-0.4, -0.2) is 0 Å². The molecule has 0 saturated carbocycles. The fraction of sp³-hybridized carbons (Fsp3) is 0.106. The Balaban J connectivity index is 1.34. The van der Waals surface area contributed by atoms with E-state index in [0.29, 0.717) is 0 Å². The van der Waals surface area contributed by atoms with Gasteiger partial charge in [0.2, 0.25) is 0 Å². The van der Waals surface area contributed by atoms with Crippen molar-refractivity contribution in [3.8, 4) is 33.4 Å². The predicted octanol–water partition coefficient (Wildman–Crippen LogP) is 13.2. The number of benzene rings is 6. The zero-order chi connectivity index (χ0) is 33.4. The van der Waals surface area contributed by atoms with Gasteiger partial charge in [0.25, 0.3) is 0 Å². The lowest BCUT2D eigenvalue weighted by Gasteiger charge is -2.29. The highest BCUT2D eigenvalue weighted by Crippen LogP contribution is 2.49. The Morgan fingerprint density at radius 1 is 0.479 bits per heavy atom. The van der Waals surface area contributed by atoms with Gasteiger partial charge in [0.05, 0.1) is 0 Å². The zero-order valence-corrected chi connectivity index (χ0v) is 28.3. The van der Waals surface area contributed by atoms with Gasteiger partial charge in [0.1, 0.15) is 0 Å². The summed E-state index contributed by atoms with van der Waals surface area (Å²) >= 11 is 0. The fourth-order valence-electron chi connectivity index (χ4n) is 7.31. The molecular formula is C47H41N. The van der Waals surface area contributed by atoms with Crippen LogP contribution in [0.15, 0.2) is 170 Å². The van der Waals surface area contributed by atoms with Crippen molar-refractivity contribution in [3.63, 3.8) is 0 Å². The minimum absolute atomic E-state index is 0.182. The van der Waals surface area contributed by atoms with Gasteiger partial charge >= 0.3 is 0 Å². The first-order valence-corrected chi connectivity index (χ1v) is 16.7. The Morgan fingerprint density at radius 2 is 1.08 bits per heavy atom. The predicted molar refractivity (Wildman–Crippen MR) is 207 cm³/mol. The number of allylic oxidation sites excluding steroid dienone is 4. The lowest BCUT2D eigenvalue weighted by atomic mass is 9.81. The number of nitrogens with zero attached hydrogens (tertiary/aromatic N) is 1. The molecule has 0 spiro atoms. The summed E-state index contributed by atoms with van der Waals surface area (Å²) in [5, 5.41) is 0. The molecule has 234 valence electrons. The topological polar surface area (TPSA) is 3.24 Å². The molecule has 1 nitrogen and oxygen atoms in total. The average Bonchev–Trinajstić information content (AvgIpc) is 3.34. The molecular weight excluding hydrogens is 579 g/mol. The van der Waals surface area contributed by atoms with Crippen molar-refractivity contribution in [2.75, 3.05) is 4.90 Å². The second kappa shape index (κ2) is 12.5. The van der Waals surface area contributed by atoms with Crippen molar-refractivity contribution in [2.45, 2.75) is 33.1 Å². The fourth-order valence-corrected chi connectivity index (χ4v) is 7.31. The highest BCUT2D eigenvalue weighted by atomic mass is 15.1. The Hall–Kier alpha value is -5.66. The van der Waals surface area contributed by atoms with E-state index < -0.39 is 0 Å². The average molecular weight is 620 g/mol. The number of hydrogen-bond acceptors (Lipinski definition) is 1. The van der Waals surface area contributed by atoms with Gasteiger partial charge < -0.3 is 4.90 Å². The lowest BCUT2D eigenvalue weighted by Crippen LogP contribution is -2.17. The molecule has 0 fully saturated rings. The van der Waals surface area contributed by atoms with Gasteiger partial charge in [0.15, 0.2) is 0 Å². The highest BCUT2D eigenvalue weighted by Gasteiger charge is 2.36. The molecule has 0 radical (unpaired) electrons. The number of anilines is 3. The normalized spacial score (nSPS) is 13.2. The van der Waals surface area contributed by atoms with Crippen LogP contribution in [0, 0.1) is 13.8 Å². The molecule has 0 aliphatic heterocycles. The van der Waals surface area contributed by atoms with E-state index in [4.69, 9.17) is 0 Å². The van der Waals surface area contributed by atoms with E-state index in [2.05, 4.69) is 185 Å². The third-order valence-corrected chi connectivity index (χ3v) is 9.94. The summed E-state index contributed by atoms with van der Waals surface area (Å²) in [6, 6.07) is 50.7. The van der Waals surface area contributed by atoms with E-state index in [0.717, 1.165) is 17.1 Å². The molecule has 0 saturated heterocycles. The molecule has 6 aromatic carbocycles. The Kier molecular flexibility index (Phi) is 8.07. The van der Waals surface area contributed by atoms with Crippen molar-refractivity contribution >= 4 is 22.6 Å². The Bertz CT molecular complexity index is 2200. The van der Waals surface area contributed by atoms with Crippen LogP contribution in [0.5, 0.6) is 0 Å². The van der Waals surface area contributed by atoms with Gasteiger partial charge in [-0.25, -0.2) is 0 Å². The smallest absolute Gasteiger partial charge is 0.0467 e. The summed E-state index contributed by atoms with van der Waals surface area (Å²) in [5.74, 6) is 0. The van der Waals surface area contributed by atoms with Crippen molar-refractivity contribution in [1.82, 2.24) is 0 Å². The maximum atomic E-state index is 4.16. The van der Waals surface area contributed by atoms with Crippen LogP contribution < -0.4 is 4.90 Å². The molecule has 0 aromatic heterocycles. The maximum absolute atomic E-state index is 4.16. The van der Waals surface area contributed by atoms with E-state index in [-0.39, 0.29) is 5.41 Å². The standard InChI is InChI=1S/C47H41N/c1-7-41-43-28-27-40(31-46(43)47(5,6)45(41)8-2)48(39-19-14-18-36(29-39)34-16-10-9-11-17-34)38-25-23-35(24-26-38)37-22-21-33(4)44(30-37)42-20-13-12-15-32(42)3/h7-31H,1-2H2,3-6H3.